The Kier molecular flexibility index (Phi) is 4.29. The minimum Gasteiger partial charge on any atom is -0.354 e. The van der Waals surface area contributed by atoms with E-state index in [0.717, 1.165) is 25.9 Å². The van der Waals surface area contributed by atoms with E-state index in [-0.39, 0.29) is 16.0 Å². The van der Waals surface area contributed by atoms with E-state index in [0.29, 0.717) is 24.0 Å². The van der Waals surface area contributed by atoms with Crippen LogP contribution in [0.3, 0.4) is 0 Å². The van der Waals surface area contributed by atoms with Crippen molar-refractivity contribution >= 4 is 17.5 Å². The molecule has 2 heterocycles. The fourth-order valence-corrected chi connectivity index (χ4v) is 2.83. The fraction of sp³-hybridized carbons (Fsp3) is 0.714. The molecular formula is C14H23N5O2. The predicted octanol–water partition coefficient (Wildman–Crippen LogP) is 2.75. The molecule has 1 saturated heterocycles. The molecule has 0 radical (unpaired) electrons. The van der Waals surface area contributed by atoms with E-state index in [1.54, 1.807) is 6.92 Å². The van der Waals surface area contributed by atoms with Gasteiger partial charge in [0, 0.05) is 19.6 Å². The lowest BCUT2D eigenvalue weighted by molar-refractivity contribution is -0.385. The first-order valence-corrected chi connectivity index (χ1v) is 7.36. The van der Waals surface area contributed by atoms with Gasteiger partial charge in [0.15, 0.2) is 0 Å². The van der Waals surface area contributed by atoms with Gasteiger partial charge in [0.25, 0.3) is 0 Å². The Labute approximate surface area is 124 Å². The van der Waals surface area contributed by atoms with E-state index in [9.17, 15) is 10.1 Å². The molecule has 0 unspecified atom stereocenters. The molecule has 21 heavy (non-hydrogen) atoms. The summed E-state index contributed by atoms with van der Waals surface area (Å²) in [6.07, 6.45) is 2.14. The molecule has 0 amide bonds. The zero-order valence-corrected chi connectivity index (χ0v) is 13.1. The van der Waals surface area contributed by atoms with Crippen molar-refractivity contribution in [3.8, 4) is 0 Å². The molecule has 0 aromatic carbocycles. The van der Waals surface area contributed by atoms with Gasteiger partial charge >= 0.3 is 5.69 Å². The lowest BCUT2D eigenvalue weighted by atomic mass is 9.84. The first-order chi connectivity index (χ1) is 9.84. The summed E-state index contributed by atoms with van der Waals surface area (Å²) in [7, 11) is 0. The van der Waals surface area contributed by atoms with Crippen LogP contribution < -0.4 is 10.2 Å². The first-order valence-electron chi connectivity index (χ1n) is 7.36. The maximum absolute atomic E-state index is 11.4. The summed E-state index contributed by atoms with van der Waals surface area (Å²) in [5.41, 5.74) is 0.572. The smallest absolute Gasteiger partial charge is 0.332 e. The Morgan fingerprint density at radius 2 is 2.14 bits per heavy atom. The molecular weight excluding hydrogens is 270 g/mol. The highest BCUT2D eigenvalue weighted by molar-refractivity contribution is 5.62. The number of aryl methyl sites for hydroxylation is 1. The molecule has 1 aliphatic heterocycles. The van der Waals surface area contributed by atoms with Gasteiger partial charge in [-0.15, -0.1) is 0 Å². The Hall–Kier alpha value is -1.92. The van der Waals surface area contributed by atoms with Crippen molar-refractivity contribution in [1.29, 1.82) is 0 Å². The summed E-state index contributed by atoms with van der Waals surface area (Å²) in [5.74, 6) is 0.898. The summed E-state index contributed by atoms with van der Waals surface area (Å²) in [6.45, 7) is 10.2. The Morgan fingerprint density at radius 3 is 2.71 bits per heavy atom. The second-order valence-corrected chi connectivity index (χ2v) is 6.28. The Morgan fingerprint density at radius 1 is 1.43 bits per heavy atom. The van der Waals surface area contributed by atoms with Crippen LogP contribution in [-0.4, -0.2) is 34.5 Å². The molecule has 0 bridgehead atoms. The number of anilines is 2. The van der Waals surface area contributed by atoms with Crippen LogP contribution >= 0.6 is 0 Å². The van der Waals surface area contributed by atoms with Gasteiger partial charge in [-0.05, 0) is 32.1 Å². The molecule has 116 valence electrons. The summed E-state index contributed by atoms with van der Waals surface area (Å²) < 4.78 is 0. The Balaban J connectivity index is 2.46. The van der Waals surface area contributed by atoms with Crippen molar-refractivity contribution in [1.82, 2.24) is 9.97 Å². The van der Waals surface area contributed by atoms with Gasteiger partial charge in [-0.3, -0.25) is 10.1 Å². The van der Waals surface area contributed by atoms with Crippen molar-refractivity contribution in [3.05, 3.63) is 15.8 Å². The number of piperidine rings is 1. The number of nitro groups is 1. The lowest BCUT2D eigenvalue weighted by Crippen LogP contribution is -2.41. The quantitative estimate of drug-likeness (QED) is 0.678. The van der Waals surface area contributed by atoms with E-state index in [2.05, 4.69) is 29.1 Å². The monoisotopic (exact) mass is 293 g/mol. The summed E-state index contributed by atoms with van der Waals surface area (Å²) >= 11 is 0. The van der Waals surface area contributed by atoms with Crippen molar-refractivity contribution in [2.45, 2.75) is 40.5 Å². The van der Waals surface area contributed by atoms with Crippen LogP contribution in [0.5, 0.6) is 0 Å². The van der Waals surface area contributed by atoms with Crippen LogP contribution in [0, 0.1) is 22.5 Å². The molecule has 0 aliphatic carbocycles. The third-order valence-electron chi connectivity index (χ3n) is 3.76. The van der Waals surface area contributed by atoms with Gasteiger partial charge in [-0.1, -0.05) is 13.8 Å². The van der Waals surface area contributed by atoms with E-state index >= 15 is 0 Å². The van der Waals surface area contributed by atoms with Crippen molar-refractivity contribution in [2.75, 3.05) is 29.9 Å². The van der Waals surface area contributed by atoms with Gasteiger partial charge in [-0.2, -0.15) is 4.98 Å². The third-order valence-corrected chi connectivity index (χ3v) is 3.76. The summed E-state index contributed by atoms with van der Waals surface area (Å²) in [5, 5.41) is 14.4. The summed E-state index contributed by atoms with van der Waals surface area (Å²) in [4.78, 5) is 21.6. The van der Waals surface area contributed by atoms with Gasteiger partial charge in [-0.25, -0.2) is 4.98 Å². The van der Waals surface area contributed by atoms with Gasteiger partial charge in [0.1, 0.15) is 5.69 Å². The highest BCUT2D eigenvalue weighted by atomic mass is 16.6. The van der Waals surface area contributed by atoms with Crippen molar-refractivity contribution in [2.24, 2.45) is 5.41 Å². The highest BCUT2D eigenvalue weighted by Crippen LogP contribution is 2.36. The molecule has 1 aliphatic rings. The highest BCUT2D eigenvalue weighted by Gasteiger charge is 2.32. The fourth-order valence-electron chi connectivity index (χ4n) is 2.83. The number of nitrogens with one attached hydrogen (secondary N) is 1. The third kappa shape index (κ3) is 3.40. The van der Waals surface area contributed by atoms with Crippen molar-refractivity contribution in [3.63, 3.8) is 0 Å². The largest absolute Gasteiger partial charge is 0.354 e. The van der Waals surface area contributed by atoms with E-state index in [1.165, 1.54) is 0 Å². The second-order valence-electron chi connectivity index (χ2n) is 6.28. The van der Waals surface area contributed by atoms with E-state index < -0.39 is 0 Å². The molecule has 0 spiro atoms. The van der Waals surface area contributed by atoms with E-state index in [1.807, 2.05) is 11.8 Å². The van der Waals surface area contributed by atoms with Crippen LogP contribution in [0.2, 0.25) is 0 Å². The van der Waals surface area contributed by atoms with Crippen LogP contribution in [-0.2, 0) is 0 Å². The SMILES string of the molecule is CCNc1nc(C)c([N+](=O)[O-])c(N2CCCC(C)(C)C2)n1. The number of aromatic nitrogens is 2. The molecule has 1 N–H and O–H groups in total. The molecule has 7 heteroatoms. The average Bonchev–Trinajstić information content (AvgIpc) is 2.36. The maximum atomic E-state index is 11.4. The lowest BCUT2D eigenvalue weighted by Gasteiger charge is -2.38. The van der Waals surface area contributed by atoms with Crippen LogP contribution in [0.4, 0.5) is 17.5 Å². The number of rotatable bonds is 4. The maximum Gasteiger partial charge on any atom is 0.332 e. The number of hydrogen-bond acceptors (Lipinski definition) is 6. The molecule has 1 fully saturated rings. The second kappa shape index (κ2) is 5.83. The molecule has 0 saturated carbocycles. The van der Waals surface area contributed by atoms with Crippen LogP contribution in [0.15, 0.2) is 0 Å². The summed E-state index contributed by atoms with van der Waals surface area (Å²) in [6, 6.07) is 0. The first kappa shape index (κ1) is 15.5. The minimum atomic E-state index is -0.373. The van der Waals surface area contributed by atoms with Crippen LogP contribution in [0.25, 0.3) is 0 Å². The number of nitrogens with zero attached hydrogens (tertiary/aromatic N) is 4. The van der Waals surface area contributed by atoms with Crippen LogP contribution in [0.1, 0.15) is 39.3 Å². The topological polar surface area (TPSA) is 84.2 Å². The average molecular weight is 293 g/mol. The zero-order chi connectivity index (χ0) is 15.6. The predicted molar refractivity (Wildman–Crippen MR) is 82.8 cm³/mol. The molecule has 1 aromatic heterocycles. The molecule has 2 rings (SSSR count). The van der Waals surface area contributed by atoms with Gasteiger partial charge < -0.3 is 10.2 Å². The zero-order valence-electron chi connectivity index (χ0n) is 13.1. The van der Waals surface area contributed by atoms with E-state index in [4.69, 9.17) is 0 Å². The molecule has 7 nitrogen and oxygen atoms in total. The minimum absolute atomic E-state index is 0.0225. The normalized spacial score (nSPS) is 17.6. The Bertz CT molecular complexity index is 544. The molecule has 0 atom stereocenters. The van der Waals surface area contributed by atoms with Gasteiger partial charge in [0.2, 0.25) is 11.8 Å². The van der Waals surface area contributed by atoms with Gasteiger partial charge in [0.05, 0.1) is 4.92 Å². The molecule has 1 aromatic rings. The number of hydrogen-bond donors (Lipinski definition) is 1. The van der Waals surface area contributed by atoms with Crippen molar-refractivity contribution < 1.29 is 4.92 Å². The standard InChI is InChI=1S/C14H23N5O2/c1-5-15-13-16-10(2)11(19(20)21)12(17-13)18-8-6-7-14(3,4)9-18/h5-9H2,1-4H3,(H,15,16,17).